The molecule has 0 atom stereocenters. The first kappa shape index (κ1) is 19.9. The van der Waals surface area contributed by atoms with Gasteiger partial charge in [-0.2, -0.15) is 0 Å². The second kappa shape index (κ2) is 7.65. The first-order valence-corrected chi connectivity index (χ1v) is 9.68. The molecule has 22 heavy (non-hydrogen) atoms. The van der Waals surface area contributed by atoms with Crippen LogP contribution in [-0.4, -0.2) is 0 Å². The minimum Gasteiger partial charge on any atom is -0.107 e. The molecule has 120 valence electrons. The third kappa shape index (κ3) is 5.52. The molecule has 0 aliphatic carbocycles. The minimum absolute atomic E-state index is 0. The van der Waals surface area contributed by atoms with Crippen molar-refractivity contribution < 1.29 is 21.2 Å². The summed E-state index contributed by atoms with van der Waals surface area (Å²) in [6, 6.07) is 18.4. The van der Waals surface area contributed by atoms with Gasteiger partial charge in [-0.25, -0.2) is 0 Å². The zero-order chi connectivity index (χ0) is 15.7. The van der Waals surface area contributed by atoms with Crippen LogP contribution in [0.3, 0.4) is 0 Å². The lowest BCUT2D eigenvalue weighted by atomic mass is 9.87. The van der Waals surface area contributed by atoms with Crippen LogP contribution in [-0.2, 0) is 10.8 Å². The Bertz CT molecular complexity index is 526. The smallest absolute Gasteiger partial charge is 0.107 e. The summed E-state index contributed by atoms with van der Waals surface area (Å²) in [6.07, 6.45) is 0. The van der Waals surface area contributed by atoms with Gasteiger partial charge in [0.25, 0.3) is 0 Å². The average molecular weight is 521 g/mol. The van der Waals surface area contributed by atoms with Crippen LogP contribution in [0.25, 0.3) is 0 Å². The zero-order valence-corrected chi connectivity index (χ0v) is 18.9. The summed E-state index contributed by atoms with van der Waals surface area (Å²) < 4.78 is 2.98. The fourth-order valence-electron chi connectivity index (χ4n) is 2.15. The van der Waals surface area contributed by atoms with E-state index in [1.807, 2.05) is 0 Å². The fraction of sp³-hybridized carbons (Fsp3) is 0.400. The van der Waals surface area contributed by atoms with Gasteiger partial charge in [-0.05, 0) is 46.2 Å². The van der Waals surface area contributed by atoms with Crippen molar-refractivity contribution in [1.29, 1.82) is 0 Å². The standard InChI is InChI=1S/C20H26I.HI/c1-19(2,3)15-7-11-17(12-8-15)21-18-13-9-16(10-14-18)20(4,5)6;/h7-14H,1-6H3;1H/q+1;. The minimum atomic E-state index is -0.0703. The molecule has 0 saturated heterocycles. The van der Waals surface area contributed by atoms with Gasteiger partial charge in [0, 0.05) is 0 Å². The quantitative estimate of drug-likeness (QED) is 0.534. The second-order valence-corrected chi connectivity index (χ2v) is 10.6. The molecule has 2 aromatic carbocycles. The van der Waals surface area contributed by atoms with E-state index in [9.17, 15) is 0 Å². The Balaban J connectivity index is 0.00000242. The Morgan fingerprint density at radius 2 is 0.818 bits per heavy atom. The van der Waals surface area contributed by atoms with E-state index < -0.39 is 0 Å². The number of rotatable bonds is 2. The van der Waals surface area contributed by atoms with Crippen LogP contribution in [0.5, 0.6) is 0 Å². The van der Waals surface area contributed by atoms with Crippen LogP contribution in [0, 0.1) is 7.14 Å². The van der Waals surface area contributed by atoms with Crippen LogP contribution in [0.4, 0.5) is 0 Å². The molecule has 0 bridgehead atoms. The number of benzene rings is 2. The van der Waals surface area contributed by atoms with E-state index in [0.717, 1.165) is 0 Å². The topological polar surface area (TPSA) is 0 Å². The molecule has 0 unspecified atom stereocenters. The number of hydrogen-bond donors (Lipinski definition) is 0. The highest BCUT2D eigenvalue weighted by molar-refractivity contribution is 14.0. The SMILES string of the molecule is CC(C)(C)c1ccc([I+]c2ccc(C(C)(C)C)cc2)cc1.I. The van der Waals surface area contributed by atoms with Crippen LogP contribution in [0.1, 0.15) is 52.7 Å². The number of hydrogen-bond acceptors (Lipinski definition) is 0. The van der Waals surface area contributed by atoms with Crippen molar-refractivity contribution >= 4 is 24.0 Å². The Hall–Kier alpha value is -0.100. The largest absolute Gasteiger partial charge is 0.357 e. The third-order valence-corrected chi connectivity index (χ3v) is 6.32. The highest BCUT2D eigenvalue weighted by atomic mass is 127. The highest BCUT2D eigenvalue weighted by Gasteiger charge is 2.20. The molecule has 0 amide bonds. The van der Waals surface area contributed by atoms with E-state index in [4.69, 9.17) is 0 Å². The van der Waals surface area contributed by atoms with Crippen molar-refractivity contribution in [3.8, 4) is 0 Å². The molecule has 0 spiro atoms. The van der Waals surface area contributed by atoms with Crippen LogP contribution < -0.4 is 21.2 Å². The Kier molecular flexibility index (Phi) is 6.93. The van der Waals surface area contributed by atoms with Gasteiger partial charge in [0.1, 0.15) is 0 Å². The molecule has 0 aliphatic rings. The van der Waals surface area contributed by atoms with E-state index in [-0.39, 0.29) is 56.0 Å². The molecule has 0 radical (unpaired) electrons. The van der Waals surface area contributed by atoms with E-state index in [0.29, 0.717) is 0 Å². The maximum Gasteiger partial charge on any atom is 0.357 e. The van der Waals surface area contributed by atoms with Gasteiger partial charge in [0.2, 0.25) is 0 Å². The maximum atomic E-state index is 2.31. The predicted molar refractivity (Wildman–Crippen MR) is 103 cm³/mol. The molecule has 0 fully saturated rings. The van der Waals surface area contributed by atoms with Gasteiger partial charge < -0.3 is 0 Å². The van der Waals surface area contributed by atoms with Crippen molar-refractivity contribution in [1.82, 2.24) is 0 Å². The van der Waals surface area contributed by atoms with Gasteiger partial charge in [0.15, 0.2) is 7.14 Å². The second-order valence-electron chi connectivity index (χ2n) is 7.61. The average Bonchev–Trinajstić information content (AvgIpc) is 2.38. The van der Waals surface area contributed by atoms with Gasteiger partial charge >= 0.3 is 21.2 Å². The lowest BCUT2D eigenvalue weighted by Gasteiger charge is -2.18. The predicted octanol–water partition coefficient (Wildman–Crippen LogP) is 3.03. The van der Waals surface area contributed by atoms with E-state index in [1.54, 1.807) is 0 Å². The van der Waals surface area contributed by atoms with Crippen molar-refractivity contribution in [3.63, 3.8) is 0 Å². The molecule has 2 rings (SSSR count). The molecular formula is C20H27I2+. The summed E-state index contributed by atoms with van der Waals surface area (Å²) in [5.41, 5.74) is 3.31. The molecule has 0 aliphatic heterocycles. The van der Waals surface area contributed by atoms with Gasteiger partial charge in [0.05, 0.1) is 0 Å². The van der Waals surface area contributed by atoms with E-state index >= 15 is 0 Å². The Labute approximate surface area is 163 Å². The van der Waals surface area contributed by atoms with Crippen LogP contribution in [0.2, 0.25) is 0 Å². The monoisotopic (exact) mass is 521 g/mol. The van der Waals surface area contributed by atoms with Gasteiger partial charge in [-0.15, -0.1) is 24.0 Å². The summed E-state index contributed by atoms with van der Waals surface area (Å²) in [5, 5.41) is 0. The zero-order valence-electron chi connectivity index (χ0n) is 14.4. The van der Waals surface area contributed by atoms with E-state index in [1.165, 1.54) is 18.3 Å². The molecule has 0 saturated carbocycles. The number of halogens is 2. The van der Waals surface area contributed by atoms with Crippen molar-refractivity contribution in [2.75, 3.05) is 0 Å². The highest BCUT2D eigenvalue weighted by Crippen LogP contribution is 2.21. The molecule has 2 aromatic rings. The van der Waals surface area contributed by atoms with Crippen molar-refractivity contribution in [2.45, 2.75) is 52.4 Å². The van der Waals surface area contributed by atoms with Crippen LogP contribution >= 0.6 is 24.0 Å². The normalized spacial score (nSPS) is 11.9. The van der Waals surface area contributed by atoms with Gasteiger partial charge in [-0.1, -0.05) is 65.8 Å². The third-order valence-electron chi connectivity index (χ3n) is 3.64. The molecule has 0 nitrogen and oxygen atoms in total. The first-order chi connectivity index (χ1) is 9.66. The first-order valence-electron chi connectivity index (χ1n) is 7.52. The van der Waals surface area contributed by atoms with Gasteiger partial charge in [-0.3, -0.25) is 0 Å². The summed E-state index contributed by atoms with van der Waals surface area (Å²) >= 11 is -0.0703. The van der Waals surface area contributed by atoms with Crippen molar-refractivity contribution in [3.05, 3.63) is 66.8 Å². The molecule has 2 heteroatoms. The van der Waals surface area contributed by atoms with Crippen molar-refractivity contribution in [2.24, 2.45) is 0 Å². The lowest BCUT2D eigenvalue weighted by Crippen LogP contribution is -3.61. The molecular weight excluding hydrogens is 494 g/mol. The molecule has 0 heterocycles. The summed E-state index contributed by atoms with van der Waals surface area (Å²) in [5.74, 6) is 0. The lowest BCUT2D eigenvalue weighted by molar-refractivity contribution is -0.597. The van der Waals surface area contributed by atoms with Crippen LogP contribution in [0.15, 0.2) is 48.5 Å². The fourth-order valence-corrected chi connectivity index (χ4v) is 4.31. The maximum absolute atomic E-state index is 2.31. The Morgan fingerprint density at radius 3 is 1.05 bits per heavy atom. The summed E-state index contributed by atoms with van der Waals surface area (Å²) in [6.45, 7) is 13.6. The van der Waals surface area contributed by atoms with E-state index in [2.05, 4.69) is 90.1 Å². The summed E-state index contributed by atoms with van der Waals surface area (Å²) in [4.78, 5) is 0. The molecule has 0 N–H and O–H groups in total. The summed E-state index contributed by atoms with van der Waals surface area (Å²) in [7, 11) is 0. The molecule has 0 aromatic heterocycles. The Morgan fingerprint density at radius 1 is 0.545 bits per heavy atom.